The van der Waals surface area contributed by atoms with Crippen molar-refractivity contribution in [3.63, 3.8) is 0 Å². The summed E-state index contributed by atoms with van der Waals surface area (Å²) < 4.78 is 1.06. The van der Waals surface area contributed by atoms with E-state index >= 15 is 0 Å². The lowest BCUT2D eigenvalue weighted by molar-refractivity contribution is 0.0995. The van der Waals surface area contributed by atoms with Crippen molar-refractivity contribution in [3.05, 3.63) is 46.4 Å². The lowest BCUT2D eigenvalue weighted by Crippen LogP contribution is -2.11. The molecule has 0 unspecified atom stereocenters. The number of carbonyl (C=O) groups excluding carboxylic acids is 2. The molecule has 2 nitrogen and oxygen atoms in total. The quantitative estimate of drug-likeness (QED) is 0.694. The Hall–Kier alpha value is -1.74. The van der Waals surface area contributed by atoms with Gasteiger partial charge in [0.05, 0.1) is 0 Å². The molecular formula is C13H8O2S. The average Bonchev–Trinajstić information content (AvgIpc) is 2.63. The minimum atomic E-state index is -0.0830. The van der Waals surface area contributed by atoms with Crippen LogP contribution in [0.2, 0.25) is 0 Å². The van der Waals surface area contributed by atoms with Crippen LogP contribution in [0.25, 0.3) is 10.1 Å². The molecule has 3 rings (SSSR count). The summed E-state index contributed by atoms with van der Waals surface area (Å²) in [5, 5.41) is 0.905. The summed E-state index contributed by atoms with van der Waals surface area (Å²) in [6.07, 6.45) is 2.70. The van der Waals surface area contributed by atoms with Gasteiger partial charge in [0.1, 0.15) is 0 Å². The summed E-state index contributed by atoms with van der Waals surface area (Å²) in [6, 6.07) is 5.64. The van der Waals surface area contributed by atoms with Gasteiger partial charge in [-0.05, 0) is 37.3 Å². The number of rotatable bonds is 0. The highest BCUT2D eigenvalue weighted by Crippen LogP contribution is 2.32. The maximum Gasteiger partial charge on any atom is 0.187 e. The highest BCUT2D eigenvalue weighted by molar-refractivity contribution is 7.19. The van der Waals surface area contributed by atoms with Crippen LogP contribution >= 0.6 is 11.3 Å². The van der Waals surface area contributed by atoms with Crippen molar-refractivity contribution in [1.29, 1.82) is 0 Å². The molecule has 16 heavy (non-hydrogen) atoms. The number of hydrogen-bond acceptors (Lipinski definition) is 3. The van der Waals surface area contributed by atoms with Crippen LogP contribution in [-0.4, -0.2) is 11.6 Å². The van der Waals surface area contributed by atoms with E-state index in [9.17, 15) is 9.59 Å². The van der Waals surface area contributed by atoms with E-state index in [-0.39, 0.29) is 11.6 Å². The summed E-state index contributed by atoms with van der Waals surface area (Å²) in [5.74, 6) is -0.154. The second-order valence-corrected chi connectivity index (χ2v) is 5.11. The van der Waals surface area contributed by atoms with Crippen molar-refractivity contribution in [2.24, 2.45) is 0 Å². The van der Waals surface area contributed by atoms with Crippen molar-refractivity contribution < 1.29 is 9.59 Å². The largest absolute Gasteiger partial charge is 0.289 e. The molecule has 0 bridgehead atoms. The van der Waals surface area contributed by atoms with E-state index < -0.39 is 0 Å². The van der Waals surface area contributed by atoms with E-state index in [0.717, 1.165) is 15.0 Å². The molecule has 1 heterocycles. The average molecular weight is 228 g/mol. The normalized spacial score (nSPS) is 14.6. The van der Waals surface area contributed by atoms with Gasteiger partial charge in [0.25, 0.3) is 0 Å². The van der Waals surface area contributed by atoms with Gasteiger partial charge in [-0.3, -0.25) is 9.59 Å². The number of carbonyl (C=O) groups is 2. The van der Waals surface area contributed by atoms with Crippen molar-refractivity contribution in [1.82, 2.24) is 0 Å². The molecule has 3 heteroatoms. The lowest BCUT2D eigenvalue weighted by atomic mass is 9.92. The van der Waals surface area contributed by atoms with Crippen LogP contribution in [0.5, 0.6) is 0 Å². The first-order valence-electron chi connectivity index (χ1n) is 4.97. The second kappa shape index (κ2) is 3.12. The minimum absolute atomic E-state index is 0.0713. The fourth-order valence-electron chi connectivity index (χ4n) is 2.03. The molecule has 0 atom stereocenters. The van der Waals surface area contributed by atoms with Gasteiger partial charge in [-0.25, -0.2) is 0 Å². The van der Waals surface area contributed by atoms with Gasteiger partial charge in [-0.1, -0.05) is 0 Å². The molecule has 1 aromatic heterocycles. The molecule has 0 saturated heterocycles. The van der Waals surface area contributed by atoms with Crippen LogP contribution in [-0.2, 0) is 0 Å². The molecule has 78 valence electrons. The van der Waals surface area contributed by atoms with E-state index in [0.29, 0.717) is 11.1 Å². The Morgan fingerprint density at radius 3 is 2.62 bits per heavy atom. The maximum absolute atomic E-state index is 11.8. The van der Waals surface area contributed by atoms with Crippen LogP contribution in [0.15, 0.2) is 30.4 Å². The molecule has 0 fully saturated rings. The summed E-state index contributed by atoms with van der Waals surface area (Å²) >= 11 is 1.64. The first-order chi connectivity index (χ1) is 7.66. The standard InChI is InChI=1S/C13H8O2S/c1-7-6-9-12(16-7)5-2-8-10(14)3-4-11(15)13(8)9/h2-6H,1H3. The Morgan fingerprint density at radius 1 is 1.06 bits per heavy atom. The monoisotopic (exact) mass is 228 g/mol. The molecule has 0 spiro atoms. The number of fused-ring (bicyclic) bond motifs is 3. The number of thiophene rings is 1. The van der Waals surface area contributed by atoms with E-state index in [1.165, 1.54) is 12.2 Å². The third kappa shape index (κ3) is 1.18. The lowest BCUT2D eigenvalue weighted by Gasteiger charge is -2.09. The van der Waals surface area contributed by atoms with Crippen LogP contribution in [0.1, 0.15) is 25.6 Å². The fourth-order valence-corrected chi connectivity index (χ4v) is 2.96. The van der Waals surface area contributed by atoms with E-state index in [1.54, 1.807) is 17.4 Å². The van der Waals surface area contributed by atoms with Gasteiger partial charge in [0, 0.05) is 26.1 Å². The summed E-state index contributed by atoms with van der Waals surface area (Å²) in [7, 11) is 0. The van der Waals surface area contributed by atoms with Crippen LogP contribution in [0, 0.1) is 6.92 Å². The van der Waals surface area contributed by atoms with E-state index in [2.05, 4.69) is 0 Å². The number of benzene rings is 1. The Kier molecular flexibility index (Phi) is 1.85. The number of hydrogen-bond donors (Lipinski definition) is 0. The first kappa shape index (κ1) is 9.48. The number of aryl methyl sites for hydroxylation is 1. The van der Waals surface area contributed by atoms with E-state index in [1.807, 2.05) is 19.1 Å². The topological polar surface area (TPSA) is 34.1 Å². The summed E-state index contributed by atoms with van der Waals surface area (Å²) in [5.41, 5.74) is 1.09. The molecule has 0 aliphatic heterocycles. The molecule has 1 aromatic carbocycles. The Bertz CT molecular complexity index is 662. The Morgan fingerprint density at radius 2 is 1.81 bits per heavy atom. The van der Waals surface area contributed by atoms with Crippen molar-refractivity contribution >= 4 is 33.0 Å². The van der Waals surface area contributed by atoms with Gasteiger partial charge in [0.15, 0.2) is 11.6 Å². The highest BCUT2D eigenvalue weighted by Gasteiger charge is 2.21. The molecule has 2 aromatic rings. The van der Waals surface area contributed by atoms with Gasteiger partial charge in [-0.15, -0.1) is 11.3 Å². The van der Waals surface area contributed by atoms with Crippen molar-refractivity contribution in [3.8, 4) is 0 Å². The van der Waals surface area contributed by atoms with Gasteiger partial charge in [0.2, 0.25) is 0 Å². The molecule has 0 N–H and O–H groups in total. The van der Waals surface area contributed by atoms with Crippen LogP contribution < -0.4 is 0 Å². The molecule has 0 radical (unpaired) electrons. The maximum atomic E-state index is 11.8. The van der Waals surface area contributed by atoms with Gasteiger partial charge in [-0.2, -0.15) is 0 Å². The second-order valence-electron chi connectivity index (χ2n) is 3.82. The number of ketones is 2. The van der Waals surface area contributed by atoms with Crippen LogP contribution in [0.4, 0.5) is 0 Å². The highest BCUT2D eigenvalue weighted by atomic mass is 32.1. The Labute approximate surface area is 96.2 Å². The SMILES string of the molecule is Cc1cc2c3c(ccc2s1)C(=O)C=CC3=O. The summed E-state index contributed by atoms with van der Waals surface area (Å²) in [6.45, 7) is 2.00. The molecule has 1 aliphatic rings. The smallest absolute Gasteiger partial charge is 0.187 e. The van der Waals surface area contributed by atoms with Crippen molar-refractivity contribution in [2.45, 2.75) is 6.92 Å². The predicted molar refractivity (Wildman–Crippen MR) is 64.4 cm³/mol. The molecule has 0 amide bonds. The zero-order valence-electron chi connectivity index (χ0n) is 8.61. The van der Waals surface area contributed by atoms with Crippen LogP contribution in [0.3, 0.4) is 0 Å². The number of allylic oxidation sites excluding steroid dienone is 2. The zero-order chi connectivity index (χ0) is 11.3. The zero-order valence-corrected chi connectivity index (χ0v) is 9.43. The Balaban J connectivity index is 2.47. The van der Waals surface area contributed by atoms with Crippen molar-refractivity contribution in [2.75, 3.05) is 0 Å². The molecule has 0 saturated carbocycles. The molecule has 1 aliphatic carbocycles. The minimum Gasteiger partial charge on any atom is -0.289 e. The van der Waals surface area contributed by atoms with E-state index in [4.69, 9.17) is 0 Å². The summed E-state index contributed by atoms with van der Waals surface area (Å²) in [4.78, 5) is 24.6. The third-order valence-electron chi connectivity index (χ3n) is 2.72. The first-order valence-corrected chi connectivity index (χ1v) is 5.78. The fraction of sp³-hybridized carbons (Fsp3) is 0.0769. The third-order valence-corrected chi connectivity index (χ3v) is 3.74. The van der Waals surface area contributed by atoms with Gasteiger partial charge >= 0.3 is 0 Å². The predicted octanol–water partition coefficient (Wildman–Crippen LogP) is 3.14. The molecular weight excluding hydrogens is 220 g/mol. The van der Waals surface area contributed by atoms with Gasteiger partial charge < -0.3 is 0 Å².